The summed E-state index contributed by atoms with van der Waals surface area (Å²) in [4.78, 5) is 29.4. The van der Waals surface area contributed by atoms with Crippen LogP contribution in [0, 0.1) is 0 Å². The molecule has 2 aromatic carbocycles. The number of ether oxygens (including phenoxy) is 2. The van der Waals surface area contributed by atoms with Gasteiger partial charge in [0.15, 0.2) is 11.5 Å². The molecule has 0 aromatic heterocycles. The van der Waals surface area contributed by atoms with E-state index in [0.717, 1.165) is 0 Å². The second-order valence-corrected chi connectivity index (χ2v) is 8.64. The van der Waals surface area contributed by atoms with Crippen molar-refractivity contribution in [1.29, 1.82) is 0 Å². The van der Waals surface area contributed by atoms with E-state index < -0.39 is 17.7 Å². The van der Waals surface area contributed by atoms with Crippen LogP contribution in [0.4, 0.5) is 0 Å². The van der Waals surface area contributed by atoms with Crippen LogP contribution in [0.3, 0.4) is 0 Å². The lowest BCUT2D eigenvalue weighted by atomic mass is 9.95. The second kappa shape index (κ2) is 9.02. The van der Waals surface area contributed by atoms with Crippen LogP contribution in [0.2, 0.25) is 10.0 Å². The monoisotopic (exact) mass is 476 g/mol. The van der Waals surface area contributed by atoms with Gasteiger partial charge in [-0.1, -0.05) is 29.3 Å². The predicted molar refractivity (Wildman–Crippen MR) is 121 cm³/mol. The third-order valence-corrected chi connectivity index (χ3v) is 6.14. The molecule has 0 aliphatic carbocycles. The molecule has 1 fully saturated rings. The third-order valence-electron chi connectivity index (χ3n) is 5.40. The lowest BCUT2D eigenvalue weighted by molar-refractivity contribution is -0.140. The summed E-state index contributed by atoms with van der Waals surface area (Å²) in [6, 6.07) is 9.00. The largest absolute Gasteiger partial charge is 0.507 e. The summed E-state index contributed by atoms with van der Waals surface area (Å²) in [7, 11) is 3.75. The Morgan fingerprint density at radius 3 is 2.47 bits per heavy atom. The lowest BCUT2D eigenvalue weighted by Crippen LogP contribution is -2.35. The Kier molecular flexibility index (Phi) is 6.33. The van der Waals surface area contributed by atoms with Crippen LogP contribution in [0.25, 0.3) is 5.76 Å². The van der Waals surface area contributed by atoms with Gasteiger partial charge in [0.1, 0.15) is 19.0 Å². The van der Waals surface area contributed by atoms with Gasteiger partial charge in [-0.25, -0.2) is 0 Å². The van der Waals surface area contributed by atoms with E-state index in [9.17, 15) is 14.7 Å². The van der Waals surface area contributed by atoms with E-state index in [4.69, 9.17) is 32.7 Å². The summed E-state index contributed by atoms with van der Waals surface area (Å²) in [6.07, 6.45) is 0. The van der Waals surface area contributed by atoms with Crippen LogP contribution in [0.5, 0.6) is 11.5 Å². The highest BCUT2D eigenvalue weighted by atomic mass is 35.5. The first-order chi connectivity index (χ1) is 15.3. The minimum atomic E-state index is -0.807. The number of carbonyl (C=O) groups excluding carboxylic acids is 2. The number of aliphatic hydroxyl groups excluding tert-OH is 1. The Labute approximate surface area is 195 Å². The van der Waals surface area contributed by atoms with Crippen LogP contribution in [0.15, 0.2) is 42.0 Å². The van der Waals surface area contributed by atoms with Crippen molar-refractivity contribution in [3.63, 3.8) is 0 Å². The van der Waals surface area contributed by atoms with Gasteiger partial charge in [0.25, 0.3) is 11.7 Å². The second-order valence-electron chi connectivity index (χ2n) is 7.83. The number of rotatable bonds is 5. The molecule has 9 heteroatoms. The van der Waals surface area contributed by atoms with Crippen molar-refractivity contribution in [2.45, 2.75) is 6.04 Å². The zero-order chi connectivity index (χ0) is 23.0. The maximum absolute atomic E-state index is 13.1. The molecule has 1 saturated heterocycles. The number of likely N-dealkylation sites (N-methyl/N-ethyl adjacent to an activating group) is 1. The first-order valence-corrected chi connectivity index (χ1v) is 10.8. The van der Waals surface area contributed by atoms with Gasteiger partial charge in [-0.05, 0) is 50.0 Å². The number of nitrogens with zero attached hydrogens (tertiary/aromatic N) is 2. The molecular formula is C23H22Cl2N2O5. The van der Waals surface area contributed by atoms with Crippen molar-refractivity contribution >= 4 is 40.7 Å². The fraction of sp³-hybridized carbons (Fsp3) is 0.304. The molecule has 0 bridgehead atoms. The summed E-state index contributed by atoms with van der Waals surface area (Å²) < 4.78 is 11.1. The van der Waals surface area contributed by atoms with E-state index in [2.05, 4.69) is 0 Å². The molecule has 0 spiro atoms. The Balaban J connectivity index is 1.84. The van der Waals surface area contributed by atoms with E-state index in [1.54, 1.807) is 36.4 Å². The number of aliphatic hydroxyl groups is 1. The van der Waals surface area contributed by atoms with E-state index >= 15 is 0 Å². The van der Waals surface area contributed by atoms with Crippen molar-refractivity contribution in [2.24, 2.45) is 0 Å². The minimum Gasteiger partial charge on any atom is -0.507 e. The quantitative estimate of drug-likeness (QED) is 0.402. The SMILES string of the molecule is CN(C)CCN1C(=O)C(=O)C(=C(O)c2ccc3c(c2)OCCO3)C1c1ccc(Cl)c(Cl)c1. The Morgan fingerprint density at radius 1 is 1.06 bits per heavy atom. The van der Waals surface area contributed by atoms with Crippen molar-refractivity contribution in [3.8, 4) is 11.5 Å². The summed E-state index contributed by atoms with van der Waals surface area (Å²) in [5.41, 5.74) is 0.921. The van der Waals surface area contributed by atoms with Gasteiger partial charge in [0.05, 0.1) is 21.7 Å². The normalized spacial score (nSPS) is 19.7. The van der Waals surface area contributed by atoms with E-state index in [1.807, 2.05) is 19.0 Å². The van der Waals surface area contributed by atoms with Crippen LogP contribution < -0.4 is 9.47 Å². The average molecular weight is 477 g/mol. The van der Waals surface area contributed by atoms with Crippen molar-refractivity contribution in [2.75, 3.05) is 40.4 Å². The number of ketones is 1. The van der Waals surface area contributed by atoms with Gasteiger partial charge >= 0.3 is 0 Å². The molecule has 1 unspecified atom stereocenters. The number of Topliss-reactive ketones (excluding diaryl/α,β-unsaturated/α-hetero) is 1. The smallest absolute Gasteiger partial charge is 0.295 e. The number of halogens is 2. The predicted octanol–water partition coefficient (Wildman–Crippen LogP) is 3.75. The third kappa shape index (κ3) is 4.16. The highest BCUT2D eigenvalue weighted by Gasteiger charge is 2.46. The summed E-state index contributed by atoms with van der Waals surface area (Å²) in [5.74, 6) is -0.702. The molecule has 1 amide bonds. The maximum Gasteiger partial charge on any atom is 0.295 e. The first kappa shape index (κ1) is 22.5. The Morgan fingerprint density at radius 2 is 1.78 bits per heavy atom. The fourth-order valence-corrected chi connectivity index (χ4v) is 4.10. The van der Waals surface area contributed by atoms with Crippen molar-refractivity contribution in [3.05, 3.63) is 63.1 Å². The lowest BCUT2D eigenvalue weighted by Gasteiger charge is -2.27. The van der Waals surface area contributed by atoms with E-state index in [-0.39, 0.29) is 11.3 Å². The fourth-order valence-electron chi connectivity index (χ4n) is 3.79. The van der Waals surface area contributed by atoms with E-state index in [0.29, 0.717) is 59.0 Å². The van der Waals surface area contributed by atoms with Gasteiger partial charge in [0, 0.05) is 18.7 Å². The number of benzene rings is 2. The number of amides is 1. The van der Waals surface area contributed by atoms with Gasteiger partial charge < -0.3 is 24.4 Å². The van der Waals surface area contributed by atoms with Crippen molar-refractivity contribution < 1.29 is 24.2 Å². The molecule has 32 heavy (non-hydrogen) atoms. The van der Waals surface area contributed by atoms with Crippen molar-refractivity contribution in [1.82, 2.24) is 9.80 Å². The molecule has 7 nitrogen and oxygen atoms in total. The molecule has 0 radical (unpaired) electrons. The molecular weight excluding hydrogens is 455 g/mol. The molecule has 4 rings (SSSR count). The summed E-state index contributed by atoms with van der Waals surface area (Å²) in [5, 5.41) is 11.8. The van der Waals surface area contributed by atoms with Gasteiger partial charge in [-0.2, -0.15) is 0 Å². The average Bonchev–Trinajstić information content (AvgIpc) is 3.03. The van der Waals surface area contributed by atoms with Gasteiger partial charge in [0.2, 0.25) is 0 Å². The highest BCUT2D eigenvalue weighted by Crippen LogP contribution is 2.42. The molecule has 2 aliphatic rings. The number of hydrogen-bond donors (Lipinski definition) is 1. The van der Waals surface area contributed by atoms with Gasteiger partial charge in [-0.3, -0.25) is 9.59 Å². The first-order valence-electron chi connectivity index (χ1n) is 10.1. The molecule has 1 atom stereocenters. The van der Waals surface area contributed by atoms with Crippen LogP contribution in [-0.4, -0.2) is 67.0 Å². The zero-order valence-corrected chi connectivity index (χ0v) is 19.1. The van der Waals surface area contributed by atoms with Crippen LogP contribution >= 0.6 is 23.2 Å². The maximum atomic E-state index is 13.1. The van der Waals surface area contributed by atoms with E-state index in [1.165, 1.54) is 4.90 Å². The molecule has 2 heterocycles. The Hall–Kier alpha value is -2.74. The number of carbonyl (C=O) groups is 2. The Bertz CT molecular complexity index is 1120. The molecule has 2 aromatic rings. The topological polar surface area (TPSA) is 79.3 Å². The van der Waals surface area contributed by atoms with Gasteiger partial charge in [-0.15, -0.1) is 0 Å². The standard InChI is InChI=1S/C23H22Cl2N2O5/c1-26(2)7-8-27-20(13-3-5-15(24)16(25)11-13)19(22(29)23(27)30)21(28)14-4-6-17-18(12-14)32-10-9-31-17/h3-6,11-12,20,28H,7-10H2,1-2H3. The molecule has 1 N–H and O–H groups in total. The van der Waals surface area contributed by atoms with Crippen LogP contribution in [-0.2, 0) is 9.59 Å². The summed E-state index contributed by atoms with van der Waals surface area (Å²) in [6.45, 7) is 1.65. The molecule has 2 aliphatic heterocycles. The molecule has 168 valence electrons. The van der Waals surface area contributed by atoms with Crippen LogP contribution in [0.1, 0.15) is 17.2 Å². The number of fused-ring (bicyclic) bond motifs is 1. The number of hydrogen-bond acceptors (Lipinski definition) is 6. The minimum absolute atomic E-state index is 0.0103. The zero-order valence-electron chi connectivity index (χ0n) is 17.6. The number of likely N-dealkylation sites (tertiary alicyclic amines) is 1. The highest BCUT2D eigenvalue weighted by molar-refractivity contribution is 6.46. The molecule has 0 saturated carbocycles. The summed E-state index contributed by atoms with van der Waals surface area (Å²) >= 11 is 12.3.